The summed E-state index contributed by atoms with van der Waals surface area (Å²) in [6, 6.07) is 10.6. The highest BCUT2D eigenvalue weighted by atomic mass is 32.1. The summed E-state index contributed by atoms with van der Waals surface area (Å²) in [6.45, 7) is 10.1. The first kappa shape index (κ1) is 27.3. The molecule has 4 aromatic rings. The maximum Gasteiger partial charge on any atom is 0.258 e. The molecule has 1 unspecified atom stereocenters. The Bertz CT molecular complexity index is 1480. The zero-order chi connectivity index (χ0) is 27.2. The molecule has 38 heavy (non-hydrogen) atoms. The Morgan fingerprint density at radius 1 is 1.16 bits per heavy atom. The van der Waals surface area contributed by atoms with Crippen LogP contribution in [0.4, 0.5) is 5.88 Å². The highest BCUT2D eigenvalue weighted by molar-refractivity contribution is 7.17. The van der Waals surface area contributed by atoms with E-state index in [9.17, 15) is 14.4 Å². The molecule has 1 aromatic carbocycles. The van der Waals surface area contributed by atoms with Crippen molar-refractivity contribution in [2.24, 2.45) is 5.92 Å². The van der Waals surface area contributed by atoms with Gasteiger partial charge >= 0.3 is 0 Å². The molecule has 1 N–H and O–H groups in total. The van der Waals surface area contributed by atoms with Gasteiger partial charge in [-0.05, 0) is 31.9 Å². The Balaban J connectivity index is 0.000000188. The Labute approximate surface area is 224 Å². The number of ether oxygens (including phenoxy) is 1. The molecule has 1 fully saturated rings. The van der Waals surface area contributed by atoms with Crippen molar-refractivity contribution in [3.8, 4) is 11.3 Å². The van der Waals surface area contributed by atoms with Gasteiger partial charge < -0.3 is 18.6 Å². The van der Waals surface area contributed by atoms with Crippen molar-refractivity contribution in [2.75, 3.05) is 31.2 Å². The molecule has 1 aliphatic heterocycles. The first-order valence-electron chi connectivity index (χ1n) is 12.5. The molecule has 9 nitrogen and oxygen atoms in total. The number of rotatable bonds is 5. The van der Waals surface area contributed by atoms with E-state index in [0.29, 0.717) is 40.6 Å². The van der Waals surface area contributed by atoms with Crippen LogP contribution in [0.3, 0.4) is 0 Å². The van der Waals surface area contributed by atoms with Gasteiger partial charge in [-0.15, -0.1) is 11.3 Å². The van der Waals surface area contributed by atoms with E-state index in [-0.39, 0.29) is 23.2 Å². The van der Waals surface area contributed by atoms with Gasteiger partial charge in [0.05, 0.1) is 18.8 Å². The fourth-order valence-corrected chi connectivity index (χ4v) is 4.75. The molecule has 4 heterocycles. The molecule has 0 aliphatic carbocycles. The third-order valence-electron chi connectivity index (χ3n) is 6.34. The molecular weight excluding hydrogens is 506 g/mol. The number of hydrogen-bond donors (Lipinski definition) is 1. The molecule has 10 heteroatoms. The number of nitrogens with zero attached hydrogens (tertiary/aromatic N) is 2. The Morgan fingerprint density at radius 2 is 1.89 bits per heavy atom. The van der Waals surface area contributed by atoms with Crippen LogP contribution in [0.2, 0.25) is 0 Å². The molecule has 200 valence electrons. The van der Waals surface area contributed by atoms with E-state index >= 15 is 0 Å². The highest BCUT2D eigenvalue weighted by Crippen LogP contribution is 2.34. The molecule has 1 atom stereocenters. The third-order valence-corrected chi connectivity index (χ3v) is 7.32. The normalized spacial score (nSPS) is 14.1. The number of aryl methyl sites for hydroxylation is 2. The van der Waals surface area contributed by atoms with E-state index in [1.54, 1.807) is 25.1 Å². The summed E-state index contributed by atoms with van der Waals surface area (Å²) < 4.78 is 17.1. The predicted molar refractivity (Wildman–Crippen MR) is 147 cm³/mol. The van der Waals surface area contributed by atoms with Gasteiger partial charge in [0.25, 0.3) is 5.91 Å². The van der Waals surface area contributed by atoms with E-state index < -0.39 is 0 Å². The number of fused-ring (bicyclic) bond motifs is 1. The lowest BCUT2D eigenvalue weighted by molar-refractivity contribution is -0.123. The number of carbonyl (C=O) groups is 2. The van der Waals surface area contributed by atoms with Crippen LogP contribution in [0.1, 0.15) is 41.9 Å². The molecule has 2 amide bonds. The number of thiophene rings is 1. The van der Waals surface area contributed by atoms with Crippen LogP contribution < -0.4 is 15.6 Å². The van der Waals surface area contributed by atoms with Gasteiger partial charge in [-0.3, -0.25) is 19.7 Å². The van der Waals surface area contributed by atoms with Gasteiger partial charge in [0.15, 0.2) is 11.5 Å². The summed E-state index contributed by atoms with van der Waals surface area (Å²) in [6.07, 6.45) is 0.729. The fraction of sp³-hybridized carbons (Fsp3) is 0.357. The second-order valence-electron chi connectivity index (χ2n) is 9.12. The monoisotopic (exact) mass is 537 g/mol. The van der Waals surface area contributed by atoms with Crippen molar-refractivity contribution in [2.45, 2.75) is 34.1 Å². The van der Waals surface area contributed by atoms with Gasteiger partial charge in [-0.1, -0.05) is 37.2 Å². The number of hydrogen-bond acceptors (Lipinski definition) is 9. The number of anilines is 1. The lowest BCUT2D eigenvalue weighted by Crippen LogP contribution is -2.36. The smallest absolute Gasteiger partial charge is 0.258 e. The van der Waals surface area contributed by atoms with E-state index in [4.69, 9.17) is 13.7 Å². The van der Waals surface area contributed by atoms with Crippen molar-refractivity contribution < 1.29 is 23.3 Å². The SMILES string of the molecule is CCC(C)C(=O)NC(=O)c1ccccc1C.Cc1cc(-c2csc3c(=O)cc(N4CCOCC4)oc23)no1. The predicted octanol–water partition coefficient (Wildman–Crippen LogP) is 4.95. The van der Waals surface area contributed by atoms with Gasteiger partial charge in [-0.25, -0.2) is 0 Å². The van der Waals surface area contributed by atoms with Crippen LogP contribution in [0.5, 0.6) is 0 Å². The topological polar surface area (TPSA) is 115 Å². The largest absolute Gasteiger partial charge is 0.439 e. The second-order valence-corrected chi connectivity index (χ2v) is 10.0. The lowest BCUT2D eigenvalue weighted by atomic mass is 10.1. The number of benzene rings is 1. The minimum Gasteiger partial charge on any atom is -0.439 e. The average molecular weight is 538 g/mol. The van der Waals surface area contributed by atoms with Crippen molar-refractivity contribution in [1.29, 1.82) is 0 Å². The summed E-state index contributed by atoms with van der Waals surface area (Å²) in [5, 5.41) is 8.31. The third kappa shape index (κ3) is 6.20. The molecule has 1 saturated heterocycles. The maximum absolute atomic E-state index is 12.3. The van der Waals surface area contributed by atoms with Crippen LogP contribution in [0.25, 0.3) is 21.5 Å². The molecule has 0 bridgehead atoms. The van der Waals surface area contributed by atoms with Gasteiger partial charge in [-0.2, -0.15) is 0 Å². The Morgan fingerprint density at radius 3 is 2.55 bits per heavy atom. The molecular formula is C28H31N3O6S. The number of morpholine rings is 1. The highest BCUT2D eigenvalue weighted by Gasteiger charge is 2.20. The number of nitrogens with one attached hydrogen (secondary N) is 1. The molecule has 0 radical (unpaired) electrons. The fourth-order valence-electron chi connectivity index (χ4n) is 3.86. The second kappa shape index (κ2) is 12.2. The Kier molecular flexibility index (Phi) is 8.75. The van der Waals surface area contributed by atoms with Gasteiger partial charge in [0.1, 0.15) is 16.2 Å². The zero-order valence-corrected chi connectivity index (χ0v) is 22.7. The quantitative estimate of drug-likeness (QED) is 0.380. The van der Waals surface area contributed by atoms with Crippen LogP contribution >= 0.6 is 11.3 Å². The van der Waals surface area contributed by atoms with Crippen LogP contribution in [0.15, 0.2) is 55.5 Å². The lowest BCUT2D eigenvalue weighted by Gasteiger charge is -2.27. The minimum absolute atomic E-state index is 0.0285. The summed E-state index contributed by atoms with van der Waals surface area (Å²) >= 11 is 1.37. The molecule has 1 aliphatic rings. The summed E-state index contributed by atoms with van der Waals surface area (Å²) in [5.74, 6) is 0.647. The van der Waals surface area contributed by atoms with E-state index in [1.807, 2.05) is 49.3 Å². The van der Waals surface area contributed by atoms with E-state index in [0.717, 1.165) is 36.4 Å². The molecule has 0 saturated carbocycles. The summed E-state index contributed by atoms with van der Waals surface area (Å²) in [4.78, 5) is 37.7. The van der Waals surface area contributed by atoms with E-state index in [1.165, 1.54) is 11.3 Å². The Hall–Kier alpha value is -3.76. The van der Waals surface area contributed by atoms with Crippen molar-refractivity contribution in [1.82, 2.24) is 10.5 Å². The number of amides is 2. The first-order chi connectivity index (χ1) is 18.3. The van der Waals surface area contributed by atoms with Crippen molar-refractivity contribution in [3.05, 3.63) is 68.9 Å². The van der Waals surface area contributed by atoms with E-state index in [2.05, 4.69) is 10.5 Å². The first-order valence-corrected chi connectivity index (χ1v) is 13.4. The van der Waals surface area contributed by atoms with Gasteiger partial charge in [0, 0.05) is 42.1 Å². The summed E-state index contributed by atoms with van der Waals surface area (Å²) in [5.41, 5.74) is 3.46. The number of aromatic nitrogens is 1. The average Bonchev–Trinajstić information content (AvgIpc) is 3.55. The van der Waals surface area contributed by atoms with Crippen LogP contribution in [0, 0.1) is 19.8 Å². The molecule has 3 aromatic heterocycles. The number of carbonyl (C=O) groups excluding carboxylic acids is 2. The molecule has 5 rings (SSSR count). The summed E-state index contributed by atoms with van der Waals surface area (Å²) in [7, 11) is 0. The number of imide groups is 1. The van der Waals surface area contributed by atoms with Crippen LogP contribution in [-0.2, 0) is 9.53 Å². The maximum atomic E-state index is 12.3. The van der Waals surface area contributed by atoms with Gasteiger partial charge in [0.2, 0.25) is 11.3 Å². The van der Waals surface area contributed by atoms with Crippen LogP contribution in [-0.4, -0.2) is 43.3 Å². The zero-order valence-electron chi connectivity index (χ0n) is 21.9. The minimum atomic E-state index is -0.316. The molecule has 0 spiro atoms. The standard InChI is InChI=1S/C15H14N2O4S.C13H17NO2/c1-9-6-11(16-21-9)10-8-22-15-12(18)7-13(20-14(10)15)17-2-4-19-5-3-17;1-4-9(2)12(15)14-13(16)11-8-6-5-7-10(11)3/h6-8H,2-5H2,1H3;5-9H,4H2,1-3H3,(H,14,15,16). The van der Waals surface area contributed by atoms with Crippen molar-refractivity contribution >= 4 is 39.3 Å². The van der Waals surface area contributed by atoms with Crippen molar-refractivity contribution in [3.63, 3.8) is 0 Å².